The van der Waals surface area contributed by atoms with Crippen LogP contribution < -0.4 is 0 Å². The smallest absolute Gasteiger partial charge is 0.244 e. The van der Waals surface area contributed by atoms with Crippen LogP contribution in [0.3, 0.4) is 0 Å². The van der Waals surface area contributed by atoms with E-state index in [9.17, 15) is 4.79 Å². The molecule has 0 aliphatic heterocycles. The summed E-state index contributed by atoms with van der Waals surface area (Å²) < 4.78 is 5.71. The maximum Gasteiger partial charge on any atom is 0.244 e. The first-order valence-electron chi connectivity index (χ1n) is 5.44. The van der Waals surface area contributed by atoms with Gasteiger partial charge in [0.25, 0.3) is 0 Å². The van der Waals surface area contributed by atoms with E-state index >= 15 is 0 Å². The first kappa shape index (κ1) is 14.2. The molecule has 0 aromatic heterocycles. The van der Waals surface area contributed by atoms with E-state index in [-0.39, 0.29) is 5.91 Å². The molecule has 88 valence electrons. The summed E-state index contributed by atoms with van der Waals surface area (Å²) in [6, 6.07) is 0. The van der Waals surface area contributed by atoms with Gasteiger partial charge in [0.15, 0.2) is 5.88 Å². The summed E-state index contributed by atoms with van der Waals surface area (Å²) >= 11 is 0. The van der Waals surface area contributed by atoms with Gasteiger partial charge in [-0.1, -0.05) is 13.3 Å². The summed E-state index contributed by atoms with van der Waals surface area (Å²) in [6.07, 6.45) is 2.04. The van der Waals surface area contributed by atoms with Gasteiger partial charge in [-0.25, -0.2) is 0 Å². The lowest BCUT2D eigenvalue weighted by molar-refractivity contribution is -0.128. The molecule has 0 fully saturated rings. The Balaban J connectivity index is 4.36. The summed E-state index contributed by atoms with van der Waals surface area (Å²) in [4.78, 5) is 13.0. The highest BCUT2D eigenvalue weighted by Gasteiger charge is 2.21. The third-order valence-corrected chi connectivity index (χ3v) is 2.69. The Morgan fingerprint density at radius 3 is 2.27 bits per heavy atom. The molecule has 4 heteroatoms. The topological polar surface area (TPSA) is 29.5 Å². The van der Waals surface area contributed by atoms with Crippen LogP contribution in [0.2, 0.25) is 19.6 Å². The molecule has 15 heavy (non-hydrogen) atoms. The van der Waals surface area contributed by atoms with Crippen LogP contribution in [0.5, 0.6) is 0 Å². The molecular formula is C11H23NO2Si. The fourth-order valence-corrected chi connectivity index (χ4v) is 2.00. The van der Waals surface area contributed by atoms with E-state index in [2.05, 4.69) is 33.1 Å². The standard InChI is InChI=1S/C11H23NO2Si/c1-7-8-9-12(10(2)13)11(3)14-15(4,5)6/h3,7-9H2,1-2,4-6H3. The second-order valence-corrected chi connectivity index (χ2v) is 9.06. The van der Waals surface area contributed by atoms with Crippen molar-refractivity contribution in [3.05, 3.63) is 12.5 Å². The van der Waals surface area contributed by atoms with E-state index < -0.39 is 8.32 Å². The lowest BCUT2D eigenvalue weighted by Gasteiger charge is -2.28. The van der Waals surface area contributed by atoms with Gasteiger partial charge in [0.2, 0.25) is 14.2 Å². The molecule has 0 saturated heterocycles. The highest BCUT2D eigenvalue weighted by atomic mass is 28.4. The van der Waals surface area contributed by atoms with Crippen molar-refractivity contribution < 1.29 is 9.22 Å². The Morgan fingerprint density at radius 1 is 1.40 bits per heavy atom. The van der Waals surface area contributed by atoms with Crippen molar-refractivity contribution in [2.75, 3.05) is 6.54 Å². The van der Waals surface area contributed by atoms with Gasteiger partial charge in [-0.15, -0.1) is 0 Å². The van der Waals surface area contributed by atoms with Gasteiger partial charge in [-0.2, -0.15) is 0 Å². The summed E-state index contributed by atoms with van der Waals surface area (Å²) in [6.45, 7) is 14.4. The predicted octanol–water partition coefficient (Wildman–Crippen LogP) is 2.96. The lowest BCUT2D eigenvalue weighted by Crippen LogP contribution is -2.35. The molecule has 0 spiro atoms. The molecule has 0 heterocycles. The first-order chi connectivity index (χ1) is 6.78. The van der Waals surface area contributed by atoms with E-state index in [1.807, 2.05) is 0 Å². The zero-order chi connectivity index (χ0) is 12.1. The Labute approximate surface area is 94.2 Å². The number of rotatable bonds is 6. The van der Waals surface area contributed by atoms with Gasteiger partial charge in [-0.3, -0.25) is 9.69 Å². The Kier molecular flexibility index (Phi) is 5.65. The van der Waals surface area contributed by atoms with Crippen LogP contribution >= 0.6 is 0 Å². The van der Waals surface area contributed by atoms with E-state index in [1.165, 1.54) is 0 Å². The summed E-state index contributed by atoms with van der Waals surface area (Å²) in [5.74, 6) is 0.516. The summed E-state index contributed by atoms with van der Waals surface area (Å²) in [7, 11) is -1.66. The van der Waals surface area contributed by atoms with Crippen molar-refractivity contribution >= 4 is 14.2 Å². The second kappa shape index (κ2) is 5.95. The van der Waals surface area contributed by atoms with Gasteiger partial charge < -0.3 is 4.43 Å². The number of hydrogen-bond acceptors (Lipinski definition) is 2. The van der Waals surface area contributed by atoms with Crippen LogP contribution in [0.15, 0.2) is 12.5 Å². The zero-order valence-electron chi connectivity index (χ0n) is 10.6. The molecule has 0 radical (unpaired) electrons. The number of amides is 1. The molecule has 0 aromatic carbocycles. The fourth-order valence-electron chi connectivity index (χ4n) is 1.18. The highest BCUT2D eigenvalue weighted by Crippen LogP contribution is 2.13. The van der Waals surface area contributed by atoms with Gasteiger partial charge in [0.1, 0.15) is 0 Å². The van der Waals surface area contributed by atoms with Crippen LogP contribution in [-0.2, 0) is 9.22 Å². The van der Waals surface area contributed by atoms with Crippen LogP contribution in [-0.4, -0.2) is 25.7 Å². The third-order valence-electron chi connectivity index (χ3n) is 1.84. The van der Waals surface area contributed by atoms with E-state index in [0.29, 0.717) is 12.4 Å². The molecule has 0 aromatic rings. The first-order valence-corrected chi connectivity index (χ1v) is 8.84. The number of unbranched alkanes of at least 4 members (excludes halogenated alkanes) is 1. The second-order valence-electron chi connectivity index (χ2n) is 4.63. The molecule has 3 nitrogen and oxygen atoms in total. The van der Waals surface area contributed by atoms with Gasteiger partial charge in [0, 0.05) is 13.5 Å². The largest absolute Gasteiger partial charge is 0.533 e. The quantitative estimate of drug-likeness (QED) is 0.517. The van der Waals surface area contributed by atoms with Gasteiger partial charge in [0.05, 0.1) is 0 Å². The summed E-state index contributed by atoms with van der Waals surface area (Å²) in [5, 5.41) is 0. The third kappa shape index (κ3) is 6.33. The molecule has 0 aliphatic carbocycles. The van der Waals surface area contributed by atoms with Crippen molar-refractivity contribution in [1.29, 1.82) is 0 Å². The van der Waals surface area contributed by atoms with Crippen LogP contribution in [0.4, 0.5) is 0 Å². The van der Waals surface area contributed by atoms with Crippen molar-refractivity contribution in [3.63, 3.8) is 0 Å². The minimum absolute atomic E-state index is 0.00620. The number of carbonyl (C=O) groups is 1. The maximum atomic E-state index is 11.4. The molecule has 0 aliphatic rings. The molecule has 0 atom stereocenters. The fraction of sp³-hybridized carbons (Fsp3) is 0.727. The zero-order valence-corrected chi connectivity index (χ0v) is 11.6. The minimum atomic E-state index is -1.66. The van der Waals surface area contributed by atoms with Crippen LogP contribution in [0.25, 0.3) is 0 Å². The molecular weight excluding hydrogens is 206 g/mol. The van der Waals surface area contributed by atoms with Gasteiger partial charge in [-0.05, 0) is 32.6 Å². The Bertz CT molecular complexity index is 233. The Morgan fingerprint density at radius 2 is 1.93 bits per heavy atom. The summed E-state index contributed by atoms with van der Waals surface area (Å²) in [5.41, 5.74) is 0. The van der Waals surface area contributed by atoms with Crippen LogP contribution in [0, 0.1) is 0 Å². The molecule has 0 rings (SSSR count). The monoisotopic (exact) mass is 229 g/mol. The average Bonchev–Trinajstić information content (AvgIpc) is 2.00. The number of hydrogen-bond donors (Lipinski definition) is 0. The maximum absolute atomic E-state index is 11.4. The van der Waals surface area contributed by atoms with Crippen molar-refractivity contribution in [3.8, 4) is 0 Å². The van der Waals surface area contributed by atoms with Crippen molar-refractivity contribution in [1.82, 2.24) is 4.90 Å². The molecule has 0 unspecified atom stereocenters. The molecule has 0 saturated carbocycles. The van der Waals surface area contributed by atoms with E-state index in [0.717, 1.165) is 12.8 Å². The van der Waals surface area contributed by atoms with E-state index in [1.54, 1.807) is 11.8 Å². The molecule has 0 bridgehead atoms. The average molecular weight is 229 g/mol. The van der Waals surface area contributed by atoms with Gasteiger partial charge >= 0.3 is 0 Å². The Hall–Kier alpha value is -0.773. The normalized spacial score (nSPS) is 11.0. The predicted molar refractivity (Wildman–Crippen MR) is 65.9 cm³/mol. The van der Waals surface area contributed by atoms with Crippen molar-refractivity contribution in [2.24, 2.45) is 0 Å². The lowest BCUT2D eigenvalue weighted by atomic mass is 10.3. The molecule has 1 amide bonds. The minimum Gasteiger partial charge on any atom is -0.533 e. The van der Waals surface area contributed by atoms with Crippen molar-refractivity contribution in [2.45, 2.75) is 46.3 Å². The van der Waals surface area contributed by atoms with E-state index in [4.69, 9.17) is 4.43 Å². The highest BCUT2D eigenvalue weighted by molar-refractivity contribution is 6.70. The van der Waals surface area contributed by atoms with Crippen LogP contribution in [0.1, 0.15) is 26.7 Å². The molecule has 0 N–H and O–H groups in total. The SMILES string of the molecule is C=C(O[Si](C)(C)C)N(CCCC)C(C)=O. The number of nitrogens with zero attached hydrogens (tertiary/aromatic N) is 1. The number of carbonyl (C=O) groups excluding carboxylic acids is 1.